The highest BCUT2D eigenvalue weighted by molar-refractivity contribution is 9.09. The summed E-state index contributed by atoms with van der Waals surface area (Å²) < 4.78 is 1.94. The minimum atomic E-state index is 0.0518. The highest BCUT2D eigenvalue weighted by atomic mass is 79.9. The SMILES string of the molecule is CCN(CCCBr)c1nccn2nc(C(C)(C)C)cc12. The lowest BCUT2D eigenvalue weighted by atomic mass is 9.92. The predicted molar refractivity (Wildman–Crippen MR) is 88.0 cm³/mol. The first kappa shape index (κ1) is 15.3. The first-order chi connectivity index (χ1) is 9.47. The number of fused-ring (bicyclic) bond motifs is 1. The maximum absolute atomic E-state index is 4.68. The van der Waals surface area contributed by atoms with E-state index in [9.17, 15) is 0 Å². The van der Waals surface area contributed by atoms with E-state index in [0.717, 1.165) is 41.9 Å². The summed E-state index contributed by atoms with van der Waals surface area (Å²) in [4.78, 5) is 6.89. The fourth-order valence-electron chi connectivity index (χ4n) is 2.18. The second-order valence-corrected chi connectivity index (χ2v) is 6.78. The molecule has 0 aromatic carbocycles. The lowest BCUT2D eigenvalue weighted by molar-refractivity contribution is 0.562. The average molecular weight is 339 g/mol. The molecule has 0 unspecified atom stereocenters. The predicted octanol–water partition coefficient (Wildman–Crippen LogP) is 3.64. The van der Waals surface area contributed by atoms with Gasteiger partial charge in [-0.15, -0.1) is 0 Å². The Morgan fingerprint density at radius 3 is 2.70 bits per heavy atom. The van der Waals surface area contributed by atoms with Crippen LogP contribution in [0.1, 0.15) is 39.8 Å². The number of rotatable bonds is 5. The summed E-state index contributed by atoms with van der Waals surface area (Å²) >= 11 is 3.49. The molecule has 4 nitrogen and oxygen atoms in total. The Morgan fingerprint density at radius 1 is 1.35 bits per heavy atom. The van der Waals surface area contributed by atoms with Crippen LogP contribution in [0.15, 0.2) is 18.5 Å². The van der Waals surface area contributed by atoms with Crippen molar-refractivity contribution in [2.24, 2.45) is 0 Å². The van der Waals surface area contributed by atoms with E-state index in [-0.39, 0.29) is 5.41 Å². The number of nitrogens with zero attached hydrogens (tertiary/aromatic N) is 4. The minimum Gasteiger partial charge on any atom is -0.355 e. The van der Waals surface area contributed by atoms with Crippen molar-refractivity contribution in [1.82, 2.24) is 14.6 Å². The Kier molecular flexibility index (Phi) is 4.68. The van der Waals surface area contributed by atoms with Crippen LogP contribution in [0.25, 0.3) is 5.52 Å². The fraction of sp³-hybridized carbons (Fsp3) is 0.600. The first-order valence-electron chi connectivity index (χ1n) is 7.13. The van der Waals surface area contributed by atoms with Crippen LogP contribution in [-0.4, -0.2) is 33.0 Å². The summed E-state index contributed by atoms with van der Waals surface area (Å²) in [5.74, 6) is 1.03. The highest BCUT2D eigenvalue weighted by Gasteiger charge is 2.20. The quantitative estimate of drug-likeness (QED) is 0.780. The molecule has 0 aliphatic heterocycles. The topological polar surface area (TPSA) is 33.4 Å². The van der Waals surface area contributed by atoms with Crippen molar-refractivity contribution in [2.75, 3.05) is 23.3 Å². The second kappa shape index (κ2) is 6.12. The van der Waals surface area contributed by atoms with Gasteiger partial charge in [0.15, 0.2) is 5.82 Å². The van der Waals surface area contributed by atoms with Gasteiger partial charge in [-0.2, -0.15) is 5.10 Å². The van der Waals surface area contributed by atoms with E-state index in [4.69, 9.17) is 0 Å². The molecule has 0 fully saturated rings. The molecule has 20 heavy (non-hydrogen) atoms. The Labute approximate surface area is 129 Å². The normalized spacial score (nSPS) is 12.1. The van der Waals surface area contributed by atoms with Crippen LogP contribution in [-0.2, 0) is 5.41 Å². The van der Waals surface area contributed by atoms with Crippen molar-refractivity contribution in [3.63, 3.8) is 0 Å². The molecule has 2 aromatic rings. The summed E-state index contributed by atoms with van der Waals surface area (Å²) in [6.07, 6.45) is 4.86. The van der Waals surface area contributed by atoms with Crippen molar-refractivity contribution in [2.45, 2.75) is 39.5 Å². The fourth-order valence-corrected chi connectivity index (χ4v) is 2.43. The van der Waals surface area contributed by atoms with Crippen LogP contribution in [0.3, 0.4) is 0 Å². The van der Waals surface area contributed by atoms with Gasteiger partial charge in [0.05, 0.1) is 5.69 Å². The van der Waals surface area contributed by atoms with Crippen LogP contribution in [0.4, 0.5) is 5.82 Å². The molecule has 0 bridgehead atoms. The summed E-state index contributed by atoms with van der Waals surface area (Å²) in [6.45, 7) is 10.7. The summed E-state index contributed by atoms with van der Waals surface area (Å²) in [6, 6.07) is 2.17. The molecule has 5 heteroatoms. The molecule has 0 radical (unpaired) electrons. The third-order valence-electron chi connectivity index (χ3n) is 3.38. The molecule has 2 heterocycles. The zero-order valence-electron chi connectivity index (χ0n) is 12.7. The third-order valence-corrected chi connectivity index (χ3v) is 3.94. The molecular formula is C15H23BrN4. The number of anilines is 1. The monoisotopic (exact) mass is 338 g/mol. The van der Waals surface area contributed by atoms with Gasteiger partial charge in [0, 0.05) is 36.2 Å². The Hall–Kier alpha value is -1.10. The Morgan fingerprint density at radius 2 is 2.10 bits per heavy atom. The molecule has 0 saturated heterocycles. The maximum atomic E-state index is 4.68. The van der Waals surface area contributed by atoms with Gasteiger partial charge in [0.25, 0.3) is 0 Å². The van der Waals surface area contributed by atoms with Gasteiger partial charge < -0.3 is 4.90 Å². The molecular weight excluding hydrogens is 316 g/mol. The van der Waals surface area contributed by atoms with Crippen molar-refractivity contribution in [3.05, 3.63) is 24.2 Å². The van der Waals surface area contributed by atoms with Gasteiger partial charge in [-0.25, -0.2) is 9.50 Å². The molecule has 0 atom stereocenters. The maximum Gasteiger partial charge on any atom is 0.154 e. The third kappa shape index (κ3) is 3.14. The standard InChI is InChI=1S/C15H23BrN4/c1-5-19(9-6-7-16)14-12-11-13(15(2,3)4)18-20(12)10-8-17-14/h8,10-11H,5-7,9H2,1-4H3. The van der Waals surface area contributed by atoms with Gasteiger partial charge in [-0.1, -0.05) is 36.7 Å². The molecule has 2 rings (SSSR count). The Balaban J connectivity index is 2.45. The van der Waals surface area contributed by atoms with Crippen LogP contribution in [0, 0.1) is 0 Å². The number of aromatic nitrogens is 3. The van der Waals surface area contributed by atoms with E-state index in [1.54, 1.807) is 0 Å². The molecule has 110 valence electrons. The largest absolute Gasteiger partial charge is 0.355 e. The highest BCUT2D eigenvalue weighted by Crippen LogP contribution is 2.26. The van der Waals surface area contributed by atoms with Gasteiger partial charge in [0.1, 0.15) is 5.52 Å². The van der Waals surface area contributed by atoms with Crippen molar-refractivity contribution >= 4 is 27.3 Å². The minimum absolute atomic E-state index is 0.0518. The Bertz CT molecular complexity index is 571. The van der Waals surface area contributed by atoms with Crippen LogP contribution in [0.5, 0.6) is 0 Å². The van der Waals surface area contributed by atoms with E-state index in [1.165, 1.54) is 0 Å². The van der Waals surface area contributed by atoms with E-state index >= 15 is 0 Å². The molecule has 0 aliphatic carbocycles. The van der Waals surface area contributed by atoms with Gasteiger partial charge in [-0.3, -0.25) is 0 Å². The molecule has 0 N–H and O–H groups in total. The van der Waals surface area contributed by atoms with E-state index in [0.29, 0.717) is 0 Å². The number of hydrogen-bond acceptors (Lipinski definition) is 3. The summed E-state index contributed by atoms with van der Waals surface area (Å²) in [5, 5.41) is 5.70. The van der Waals surface area contributed by atoms with Crippen molar-refractivity contribution in [1.29, 1.82) is 0 Å². The van der Waals surface area contributed by atoms with Gasteiger partial charge in [0.2, 0.25) is 0 Å². The van der Waals surface area contributed by atoms with E-state index < -0.39 is 0 Å². The van der Waals surface area contributed by atoms with E-state index in [1.807, 2.05) is 16.9 Å². The summed E-state index contributed by atoms with van der Waals surface area (Å²) in [5.41, 5.74) is 2.24. The van der Waals surface area contributed by atoms with Gasteiger partial charge in [-0.05, 0) is 19.4 Å². The number of halogens is 1. The summed E-state index contributed by atoms with van der Waals surface area (Å²) in [7, 11) is 0. The lowest BCUT2D eigenvalue weighted by Gasteiger charge is -2.21. The number of alkyl halides is 1. The average Bonchev–Trinajstić information content (AvgIpc) is 2.84. The molecule has 0 aliphatic rings. The zero-order valence-corrected chi connectivity index (χ0v) is 14.3. The first-order valence-corrected chi connectivity index (χ1v) is 8.25. The number of hydrogen-bond donors (Lipinski definition) is 0. The molecule has 0 saturated carbocycles. The lowest BCUT2D eigenvalue weighted by Crippen LogP contribution is -2.25. The van der Waals surface area contributed by atoms with Crippen molar-refractivity contribution in [3.8, 4) is 0 Å². The molecule has 0 amide bonds. The van der Waals surface area contributed by atoms with Crippen LogP contribution < -0.4 is 4.90 Å². The zero-order chi connectivity index (χ0) is 14.8. The van der Waals surface area contributed by atoms with Crippen LogP contribution >= 0.6 is 15.9 Å². The van der Waals surface area contributed by atoms with Crippen molar-refractivity contribution < 1.29 is 0 Å². The molecule has 0 spiro atoms. The molecule has 2 aromatic heterocycles. The van der Waals surface area contributed by atoms with E-state index in [2.05, 4.69) is 64.7 Å². The second-order valence-electron chi connectivity index (χ2n) is 5.98. The van der Waals surface area contributed by atoms with Crippen LogP contribution in [0.2, 0.25) is 0 Å². The smallest absolute Gasteiger partial charge is 0.154 e. The van der Waals surface area contributed by atoms with Gasteiger partial charge >= 0.3 is 0 Å².